The molecule has 0 unspecified atom stereocenters. The van der Waals surface area contributed by atoms with Crippen molar-refractivity contribution in [2.45, 2.75) is 5.75 Å². The number of rotatable bonds is 6. The van der Waals surface area contributed by atoms with Crippen molar-refractivity contribution in [3.8, 4) is 11.5 Å². The van der Waals surface area contributed by atoms with Crippen molar-refractivity contribution < 1.29 is 9.21 Å². The Hall–Kier alpha value is -2.12. The molecule has 3 aromatic rings. The summed E-state index contributed by atoms with van der Waals surface area (Å²) in [5.41, 5.74) is 2.05. The Kier molecular flexibility index (Phi) is 4.87. The third kappa shape index (κ3) is 3.96. The maximum absolute atomic E-state index is 11.8. The van der Waals surface area contributed by atoms with E-state index in [9.17, 15) is 4.79 Å². The highest BCUT2D eigenvalue weighted by Gasteiger charge is 2.11. The van der Waals surface area contributed by atoms with Gasteiger partial charge in [0.05, 0.1) is 5.75 Å². The molecule has 0 atom stereocenters. The van der Waals surface area contributed by atoms with Gasteiger partial charge in [-0.05, 0) is 17.0 Å². The van der Waals surface area contributed by atoms with Gasteiger partial charge in [-0.3, -0.25) is 10.1 Å². The Bertz CT molecular complexity index is 726. The molecule has 0 fully saturated rings. The lowest BCUT2D eigenvalue weighted by Crippen LogP contribution is -2.14. The average Bonchev–Trinajstić information content (AvgIpc) is 3.19. The summed E-state index contributed by atoms with van der Waals surface area (Å²) in [6.45, 7) is 0. The van der Waals surface area contributed by atoms with E-state index in [2.05, 4.69) is 15.5 Å². The molecule has 22 heavy (non-hydrogen) atoms. The average molecular weight is 331 g/mol. The highest BCUT2D eigenvalue weighted by atomic mass is 32.2. The summed E-state index contributed by atoms with van der Waals surface area (Å²) in [7, 11) is 0. The minimum absolute atomic E-state index is 0.131. The maximum atomic E-state index is 11.8. The molecule has 7 heteroatoms. The first-order chi connectivity index (χ1) is 10.8. The second-order valence-corrected chi connectivity index (χ2v) is 6.22. The maximum Gasteiger partial charge on any atom is 0.322 e. The van der Waals surface area contributed by atoms with Gasteiger partial charge in [0.1, 0.15) is 0 Å². The number of hydrogen-bond acceptors (Lipinski definition) is 6. The number of aromatic nitrogens is 2. The van der Waals surface area contributed by atoms with Crippen LogP contribution >= 0.6 is 23.1 Å². The van der Waals surface area contributed by atoms with Crippen LogP contribution in [0.1, 0.15) is 5.56 Å². The first-order valence-electron chi connectivity index (χ1n) is 6.59. The van der Waals surface area contributed by atoms with E-state index in [-0.39, 0.29) is 11.9 Å². The molecule has 0 radical (unpaired) electrons. The van der Waals surface area contributed by atoms with E-state index in [1.807, 2.05) is 47.2 Å². The molecule has 0 aliphatic carbocycles. The second kappa shape index (κ2) is 7.24. The van der Waals surface area contributed by atoms with Crippen LogP contribution < -0.4 is 5.32 Å². The van der Waals surface area contributed by atoms with Crippen molar-refractivity contribution in [2.24, 2.45) is 0 Å². The van der Waals surface area contributed by atoms with E-state index in [4.69, 9.17) is 4.42 Å². The fraction of sp³-hybridized carbons (Fsp3) is 0.133. The van der Waals surface area contributed by atoms with Crippen LogP contribution in [0.15, 0.2) is 51.6 Å². The summed E-state index contributed by atoms with van der Waals surface area (Å²) < 4.78 is 5.41. The summed E-state index contributed by atoms with van der Waals surface area (Å²) in [5.74, 6) is 1.39. The normalized spacial score (nSPS) is 10.5. The van der Waals surface area contributed by atoms with Gasteiger partial charge in [-0.1, -0.05) is 35.4 Å². The molecule has 112 valence electrons. The van der Waals surface area contributed by atoms with Crippen molar-refractivity contribution >= 4 is 35.0 Å². The standard InChI is InChI=1S/C15H13N3O2S2/c19-13(10-22-8-11-4-2-1-3-5-11)16-15-18-17-14(20-15)12-6-7-21-9-12/h1-7,9H,8,10H2,(H,16,18,19). The Morgan fingerprint density at radius 1 is 1.23 bits per heavy atom. The number of nitrogens with zero attached hydrogens (tertiary/aromatic N) is 2. The Balaban J connectivity index is 1.48. The highest BCUT2D eigenvalue weighted by Crippen LogP contribution is 2.22. The minimum Gasteiger partial charge on any atom is -0.403 e. The monoisotopic (exact) mass is 331 g/mol. The van der Waals surface area contributed by atoms with Crippen LogP contribution in [0.25, 0.3) is 11.5 Å². The number of hydrogen-bond donors (Lipinski definition) is 1. The molecule has 2 aromatic heterocycles. The molecule has 5 nitrogen and oxygen atoms in total. The number of amides is 1. The summed E-state index contributed by atoms with van der Waals surface area (Å²) >= 11 is 3.09. The van der Waals surface area contributed by atoms with Gasteiger partial charge in [-0.2, -0.15) is 11.3 Å². The fourth-order valence-electron chi connectivity index (χ4n) is 1.77. The van der Waals surface area contributed by atoms with Gasteiger partial charge in [0.2, 0.25) is 5.91 Å². The summed E-state index contributed by atoms with van der Waals surface area (Å²) in [6, 6.07) is 12.0. The van der Waals surface area contributed by atoms with Crippen molar-refractivity contribution in [1.29, 1.82) is 0 Å². The molecule has 0 bridgehead atoms. The number of thiophene rings is 1. The smallest absolute Gasteiger partial charge is 0.322 e. The van der Waals surface area contributed by atoms with Crippen LogP contribution in [-0.4, -0.2) is 21.9 Å². The predicted octanol–water partition coefficient (Wildman–Crippen LogP) is 3.67. The van der Waals surface area contributed by atoms with Crippen LogP contribution in [0.3, 0.4) is 0 Å². The molecular weight excluding hydrogens is 318 g/mol. The SMILES string of the molecule is O=C(CSCc1ccccc1)Nc1nnc(-c2ccsc2)o1. The van der Waals surface area contributed by atoms with Gasteiger partial charge in [0.15, 0.2) is 0 Å². The molecular formula is C15H13N3O2S2. The Labute approximate surface area is 135 Å². The van der Waals surface area contributed by atoms with Crippen LogP contribution in [-0.2, 0) is 10.5 Å². The van der Waals surface area contributed by atoms with Gasteiger partial charge in [0, 0.05) is 16.7 Å². The minimum atomic E-state index is -0.151. The number of benzene rings is 1. The van der Waals surface area contributed by atoms with Crippen LogP contribution in [0.2, 0.25) is 0 Å². The van der Waals surface area contributed by atoms with Crippen LogP contribution in [0.4, 0.5) is 6.01 Å². The first kappa shape index (κ1) is 14.8. The summed E-state index contributed by atoms with van der Waals surface area (Å²) in [6.07, 6.45) is 0. The summed E-state index contributed by atoms with van der Waals surface area (Å²) in [4.78, 5) is 11.8. The van der Waals surface area contributed by atoms with E-state index in [1.165, 1.54) is 17.3 Å². The number of anilines is 1. The third-order valence-corrected chi connectivity index (χ3v) is 4.47. The van der Waals surface area contributed by atoms with E-state index >= 15 is 0 Å². The van der Waals surface area contributed by atoms with Gasteiger partial charge >= 0.3 is 6.01 Å². The number of carbonyl (C=O) groups is 1. The molecule has 0 spiro atoms. The molecule has 0 aliphatic rings. The molecule has 3 rings (SSSR count). The lowest BCUT2D eigenvalue weighted by Gasteiger charge is -2.01. The third-order valence-electron chi connectivity index (χ3n) is 2.78. The zero-order valence-electron chi connectivity index (χ0n) is 11.6. The molecule has 0 saturated heterocycles. The lowest BCUT2D eigenvalue weighted by molar-refractivity contribution is -0.113. The number of thioether (sulfide) groups is 1. The van der Waals surface area contributed by atoms with Gasteiger partial charge in [0.25, 0.3) is 5.89 Å². The van der Waals surface area contributed by atoms with Crippen molar-refractivity contribution in [3.63, 3.8) is 0 Å². The predicted molar refractivity (Wildman–Crippen MR) is 88.8 cm³/mol. The zero-order valence-corrected chi connectivity index (χ0v) is 13.2. The van der Waals surface area contributed by atoms with Crippen molar-refractivity contribution in [2.75, 3.05) is 11.1 Å². The van der Waals surface area contributed by atoms with E-state index < -0.39 is 0 Å². The zero-order chi connectivity index (χ0) is 15.2. The summed E-state index contributed by atoms with van der Waals surface area (Å²) in [5, 5.41) is 14.2. The van der Waals surface area contributed by atoms with Crippen LogP contribution in [0.5, 0.6) is 0 Å². The molecule has 1 aromatic carbocycles. The molecule has 2 heterocycles. The fourth-order valence-corrected chi connectivity index (χ4v) is 3.19. The van der Waals surface area contributed by atoms with Gasteiger partial charge in [-0.25, -0.2) is 0 Å². The van der Waals surface area contributed by atoms with Crippen molar-refractivity contribution in [3.05, 3.63) is 52.7 Å². The number of carbonyl (C=O) groups excluding carboxylic acids is 1. The molecule has 0 aliphatic heterocycles. The number of nitrogens with one attached hydrogen (secondary N) is 1. The van der Waals surface area contributed by atoms with Gasteiger partial charge < -0.3 is 4.42 Å². The largest absolute Gasteiger partial charge is 0.403 e. The highest BCUT2D eigenvalue weighted by molar-refractivity contribution is 7.99. The first-order valence-corrected chi connectivity index (χ1v) is 8.68. The van der Waals surface area contributed by atoms with Gasteiger partial charge in [-0.15, -0.1) is 16.9 Å². The molecule has 0 saturated carbocycles. The second-order valence-electron chi connectivity index (χ2n) is 4.45. The molecule has 1 amide bonds. The Morgan fingerprint density at radius 3 is 2.86 bits per heavy atom. The quantitative estimate of drug-likeness (QED) is 0.746. The topological polar surface area (TPSA) is 68.0 Å². The lowest BCUT2D eigenvalue weighted by atomic mass is 10.2. The van der Waals surface area contributed by atoms with Crippen molar-refractivity contribution in [1.82, 2.24) is 10.2 Å². The Morgan fingerprint density at radius 2 is 2.09 bits per heavy atom. The molecule has 1 N–H and O–H groups in total. The van der Waals surface area contributed by atoms with E-state index in [1.54, 1.807) is 11.3 Å². The van der Waals surface area contributed by atoms with Crippen LogP contribution in [0, 0.1) is 0 Å². The van der Waals surface area contributed by atoms with E-state index in [0.29, 0.717) is 11.6 Å². The van der Waals surface area contributed by atoms with E-state index in [0.717, 1.165) is 11.3 Å².